The van der Waals surface area contributed by atoms with Gasteiger partial charge in [-0.25, -0.2) is 0 Å². The number of fused-ring (bicyclic) bond motifs is 2. The van der Waals surface area contributed by atoms with Crippen LogP contribution in [0.4, 0.5) is 0 Å². The van der Waals surface area contributed by atoms with E-state index in [1.165, 1.54) is 44.1 Å². The summed E-state index contributed by atoms with van der Waals surface area (Å²) in [5.74, 6) is 1.78. The number of hydrogen-bond donors (Lipinski definition) is 0. The van der Waals surface area contributed by atoms with Gasteiger partial charge in [-0.1, -0.05) is 118 Å². The lowest BCUT2D eigenvalue weighted by atomic mass is 9.78. The first-order valence-electron chi connectivity index (χ1n) is 16.4. The van der Waals surface area contributed by atoms with Crippen molar-refractivity contribution in [2.45, 2.75) is 104 Å². The summed E-state index contributed by atoms with van der Waals surface area (Å²) in [4.78, 5) is 5.78. The molecule has 0 N–H and O–H groups in total. The summed E-state index contributed by atoms with van der Waals surface area (Å²) in [5.41, 5.74) is 2.10. The third-order valence-corrected chi connectivity index (χ3v) is 8.83. The van der Waals surface area contributed by atoms with E-state index in [1.807, 2.05) is 36.4 Å². The van der Waals surface area contributed by atoms with Crippen LogP contribution in [0.25, 0.3) is 0 Å². The van der Waals surface area contributed by atoms with Crippen LogP contribution in [0, 0.1) is 17.3 Å². The van der Waals surface area contributed by atoms with Gasteiger partial charge in [-0.3, -0.25) is 0 Å². The van der Waals surface area contributed by atoms with Gasteiger partial charge in [0.2, 0.25) is 5.90 Å². The molecule has 0 aromatic heterocycles. The molecule has 0 radical (unpaired) electrons. The number of oxime groups is 1. The normalized spacial score (nSPS) is 22.2. The molecule has 0 aliphatic carbocycles. The van der Waals surface area contributed by atoms with Crippen molar-refractivity contribution < 1.29 is 19.0 Å². The summed E-state index contributed by atoms with van der Waals surface area (Å²) in [5, 5.41) is 4.51. The van der Waals surface area contributed by atoms with Crippen LogP contribution < -0.4 is 0 Å². The number of rotatable bonds is 19. The summed E-state index contributed by atoms with van der Waals surface area (Å²) in [6.07, 6.45) is 16.7. The number of hydrogen-bond acceptors (Lipinski definition) is 5. The van der Waals surface area contributed by atoms with Crippen molar-refractivity contribution in [3.05, 3.63) is 83.9 Å². The fourth-order valence-electron chi connectivity index (χ4n) is 6.20. The monoisotopic (exact) mass is 575 g/mol. The lowest BCUT2D eigenvalue weighted by molar-refractivity contribution is 0.0478. The lowest BCUT2D eigenvalue weighted by Gasteiger charge is -2.27. The van der Waals surface area contributed by atoms with Crippen LogP contribution in [0.2, 0.25) is 0 Å². The van der Waals surface area contributed by atoms with E-state index in [-0.39, 0.29) is 5.41 Å². The van der Waals surface area contributed by atoms with Crippen LogP contribution in [0.1, 0.15) is 89.7 Å². The Morgan fingerprint density at radius 2 is 1.60 bits per heavy atom. The minimum atomic E-state index is -0.249. The van der Waals surface area contributed by atoms with E-state index in [1.54, 1.807) is 0 Å². The number of unbranched alkanes of at least 4 members (excludes halogenated alkanes) is 3. The first-order chi connectivity index (χ1) is 20.6. The molecular formula is C37H53NO4. The average Bonchev–Trinajstić information content (AvgIpc) is 3.61. The van der Waals surface area contributed by atoms with Crippen LogP contribution in [-0.2, 0) is 32.1 Å². The van der Waals surface area contributed by atoms with Gasteiger partial charge >= 0.3 is 0 Å². The highest BCUT2D eigenvalue weighted by atomic mass is 16.6. The first kappa shape index (κ1) is 32.3. The molecule has 2 aromatic carbocycles. The molecule has 2 aliphatic rings. The Balaban J connectivity index is 1.26. The van der Waals surface area contributed by atoms with Crippen molar-refractivity contribution in [2.24, 2.45) is 22.4 Å². The molecule has 5 heteroatoms. The fraction of sp³-hybridized carbons (Fsp3) is 0.595. The third-order valence-electron chi connectivity index (χ3n) is 8.83. The van der Waals surface area contributed by atoms with Crippen LogP contribution in [0.5, 0.6) is 0 Å². The van der Waals surface area contributed by atoms with E-state index in [0.717, 1.165) is 44.5 Å². The van der Waals surface area contributed by atoms with Gasteiger partial charge in [-0.05, 0) is 55.6 Å². The molecule has 0 amide bonds. The molecule has 4 atom stereocenters. The molecular weight excluding hydrogens is 522 g/mol. The molecule has 0 unspecified atom stereocenters. The molecule has 4 rings (SSSR count). The van der Waals surface area contributed by atoms with Crippen LogP contribution >= 0.6 is 0 Å². The summed E-state index contributed by atoms with van der Waals surface area (Å²) in [7, 11) is 0. The largest absolute Gasteiger partial charge is 0.478 e. The molecule has 2 fully saturated rings. The number of ether oxygens (including phenoxy) is 3. The molecule has 2 aliphatic heterocycles. The van der Waals surface area contributed by atoms with Gasteiger partial charge < -0.3 is 19.0 Å². The zero-order chi connectivity index (χ0) is 29.5. The van der Waals surface area contributed by atoms with Crippen LogP contribution in [-0.4, -0.2) is 37.9 Å². The average molecular weight is 576 g/mol. The van der Waals surface area contributed by atoms with Crippen molar-refractivity contribution in [3.8, 4) is 0 Å². The Bertz CT molecular complexity index is 1070. The summed E-state index contributed by atoms with van der Waals surface area (Å²) in [6.45, 7) is 9.39. The minimum Gasteiger partial charge on any atom is -0.478 e. The second-order valence-corrected chi connectivity index (χ2v) is 12.6. The maximum absolute atomic E-state index is 6.31. The highest BCUT2D eigenvalue weighted by Gasteiger charge is 2.48. The van der Waals surface area contributed by atoms with Crippen LogP contribution in [0.3, 0.4) is 0 Å². The predicted molar refractivity (Wildman–Crippen MR) is 171 cm³/mol. The topological polar surface area (TPSA) is 49.3 Å². The molecule has 230 valence electrons. The predicted octanol–water partition coefficient (Wildman–Crippen LogP) is 8.92. The highest BCUT2D eigenvalue weighted by molar-refractivity contribution is 5.81. The summed E-state index contributed by atoms with van der Waals surface area (Å²) in [6, 6.07) is 20.6. The van der Waals surface area contributed by atoms with Gasteiger partial charge in [0.15, 0.2) is 0 Å². The molecule has 42 heavy (non-hydrogen) atoms. The first-order valence-corrected chi connectivity index (χ1v) is 16.4. The molecule has 0 spiro atoms. The van der Waals surface area contributed by atoms with E-state index in [2.05, 4.69) is 62.3 Å². The standard InChI is InChI=1S/C37H53NO4/c1-4-5-6-16-26-39-29-33-32(34-22-23-35(33)42-34)21-14-9-15-25-37(2,3)36(38-41-28-31-19-12-8-13-20-31)40-27-24-30-17-10-7-11-18-30/h7-14,17-20,32-35H,4-6,15-16,21-29H2,1-3H3/t32-,33+,34-,35+/m0/s1. The van der Waals surface area contributed by atoms with E-state index in [9.17, 15) is 0 Å². The zero-order valence-electron chi connectivity index (χ0n) is 26.2. The Morgan fingerprint density at radius 3 is 2.33 bits per heavy atom. The van der Waals surface area contributed by atoms with E-state index >= 15 is 0 Å². The van der Waals surface area contributed by atoms with Gasteiger partial charge in [-0.15, -0.1) is 0 Å². The summed E-state index contributed by atoms with van der Waals surface area (Å²) < 4.78 is 18.7. The SMILES string of the molecule is CCCCCCOC[C@@H]1[C@H](CC=CCCC(C)(C)C(=NOCc2ccccc2)OCCc2ccccc2)[C@@H]2CC[C@H]1O2. The maximum atomic E-state index is 6.31. The molecule has 2 saturated heterocycles. The molecule has 5 nitrogen and oxygen atoms in total. The van der Waals surface area contributed by atoms with Gasteiger partial charge in [0.1, 0.15) is 6.61 Å². The van der Waals surface area contributed by atoms with Gasteiger partial charge in [0.25, 0.3) is 0 Å². The Hall–Kier alpha value is -2.63. The lowest BCUT2D eigenvalue weighted by Crippen LogP contribution is -2.30. The van der Waals surface area contributed by atoms with Crippen molar-refractivity contribution in [1.82, 2.24) is 0 Å². The van der Waals surface area contributed by atoms with Crippen molar-refractivity contribution >= 4 is 5.90 Å². The Labute approximate surface area is 254 Å². The smallest absolute Gasteiger partial charge is 0.231 e. The minimum absolute atomic E-state index is 0.249. The third kappa shape index (κ3) is 10.3. The van der Waals surface area contributed by atoms with Gasteiger partial charge in [0.05, 0.1) is 25.4 Å². The highest BCUT2D eigenvalue weighted by Crippen LogP contribution is 2.45. The zero-order valence-corrected chi connectivity index (χ0v) is 26.2. The van der Waals surface area contributed by atoms with Crippen molar-refractivity contribution in [2.75, 3.05) is 19.8 Å². The summed E-state index contributed by atoms with van der Waals surface area (Å²) >= 11 is 0. The van der Waals surface area contributed by atoms with Crippen LogP contribution in [0.15, 0.2) is 78.0 Å². The quantitative estimate of drug-likeness (QED) is 0.0552. The Morgan fingerprint density at radius 1 is 0.881 bits per heavy atom. The molecule has 2 heterocycles. The van der Waals surface area contributed by atoms with Crippen molar-refractivity contribution in [1.29, 1.82) is 0 Å². The molecule has 2 aromatic rings. The van der Waals surface area contributed by atoms with Gasteiger partial charge in [0, 0.05) is 24.4 Å². The molecule has 0 saturated carbocycles. The second kappa shape index (κ2) is 17.5. The molecule has 2 bridgehead atoms. The number of nitrogens with zero attached hydrogens (tertiary/aromatic N) is 1. The van der Waals surface area contributed by atoms with Crippen molar-refractivity contribution in [3.63, 3.8) is 0 Å². The fourth-order valence-corrected chi connectivity index (χ4v) is 6.20. The van der Waals surface area contributed by atoms with E-state index in [0.29, 0.717) is 43.2 Å². The van der Waals surface area contributed by atoms with E-state index in [4.69, 9.17) is 19.0 Å². The Kier molecular flexibility index (Phi) is 13.4. The maximum Gasteiger partial charge on any atom is 0.231 e. The van der Waals surface area contributed by atoms with E-state index < -0.39 is 0 Å². The van der Waals surface area contributed by atoms with Gasteiger partial charge in [-0.2, -0.15) is 0 Å². The second-order valence-electron chi connectivity index (χ2n) is 12.6. The number of benzene rings is 2. The number of allylic oxidation sites excluding steroid dienone is 2.